The summed E-state index contributed by atoms with van der Waals surface area (Å²) in [5.74, 6) is 0.318. The van der Waals surface area contributed by atoms with Crippen LogP contribution in [0.25, 0.3) is 0 Å². The lowest BCUT2D eigenvalue weighted by Gasteiger charge is -2.23. The van der Waals surface area contributed by atoms with E-state index in [-0.39, 0.29) is 19.2 Å². The summed E-state index contributed by atoms with van der Waals surface area (Å²) in [7, 11) is -3.66. The van der Waals surface area contributed by atoms with E-state index in [1.54, 1.807) is 19.1 Å². The number of carbonyl (C=O) groups is 1. The first kappa shape index (κ1) is 22.0. The van der Waals surface area contributed by atoms with Gasteiger partial charge in [-0.15, -0.1) is 0 Å². The zero-order valence-corrected chi connectivity index (χ0v) is 18.0. The van der Waals surface area contributed by atoms with Crippen molar-refractivity contribution in [2.24, 2.45) is 0 Å². The average molecular weight is 425 g/mol. The number of hydrogen-bond acceptors (Lipinski definition) is 4. The molecule has 0 spiro atoms. The third kappa shape index (κ3) is 6.14. The molecule has 0 fully saturated rings. The monoisotopic (exact) mass is 424 g/mol. The standard InChI is InChI=1S/C20H25ClN2O4S/c1-14-9-10-17(11-18(14)21)23(28(4,25)26)12-20(24)22-16(3)13-27-19-8-6-5-7-15(19)2/h5-11,16H,12-13H2,1-4H3,(H,22,24)/t16-/m0/s1. The van der Waals surface area contributed by atoms with Gasteiger partial charge in [0.2, 0.25) is 15.9 Å². The minimum Gasteiger partial charge on any atom is -0.491 e. The van der Waals surface area contributed by atoms with Gasteiger partial charge in [-0.3, -0.25) is 9.10 Å². The summed E-state index contributed by atoms with van der Waals surface area (Å²) in [6.45, 7) is 5.48. The molecule has 8 heteroatoms. The molecule has 0 aromatic heterocycles. The highest BCUT2D eigenvalue weighted by Gasteiger charge is 2.22. The van der Waals surface area contributed by atoms with Crippen LogP contribution in [0, 0.1) is 13.8 Å². The van der Waals surface area contributed by atoms with Gasteiger partial charge >= 0.3 is 0 Å². The summed E-state index contributed by atoms with van der Waals surface area (Å²) < 4.78 is 31.1. The lowest BCUT2D eigenvalue weighted by atomic mass is 10.2. The number of sulfonamides is 1. The van der Waals surface area contributed by atoms with Crippen LogP contribution >= 0.6 is 11.6 Å². The molecule has 2 aromatic rings. The molecule has 0 aliphatic rings. The summed E-state index contributed by atoms with van der Waals surface area (Å²) in [5, 5.41) is 3.20. The number of benzene rings is 2. The topological polar surface area (TPSA) is 75.7 Å². The molecule has 0 radical (unpaired) electrons. The molecule has 2 rings (SSSR count). The van der Waals surface area contributed by atoms with E-state index in [2.05, 4.69) is 5.32 Å². The van der Waals surface area contributed by atoms with Crippen molar-refractivity contribution < 1.29 is 17.9 Å². The van der Waals surface area contributed by atoms with Crippen LogP contribution in [0.15, 0.2) is 42.5 Å². The molecule has 1 amide bonds. The third-order valence-corrected chi connectivity index (χ3v) is 5.67. The maximum absolute atomic E-state index is 12.4. The normalized spacial score (nSPS) is 12.3. The van der Waals surface area contributed by atoms with Gasteiger partial charge in [-0.2, -0.15) is 0 Å². The second kappa shape index (κ2) is 9.30. The van der Waals surface area contributed by atoms with E-state index in [4.69, 9.17) is 16.3 Å². The van der Waals surface area contributed by atoms with Crippen molar-refractivity contribution in [3.63, 3.8) is 0 Å². The number of amides is 1. The van der Waals surface area contributed by atoms with Crippen LogP contribution in [0.5, 0.6) is 5.75 Å². The summed E-state index contributed by atoms with van der Waals surface area (Å²) >= 11 is 6.10. The van der Waals surface area contributed by atoms with E-state index < -0.39 is 15.9 Å². The minimum atomic E-state index is -3.66. The van der Waals surface area contributed by atoms with Crippen LogP contribution in [-0.4, -0.2) is 39.8 Å². The molecule has 0 aliphatic carbocycles. The highest BCUT2D eigenvalue weighted by molar-refractivity contribution is 7.92. The molecule has 1 atom stereocenters. The molecule has 0 unspecified atom stereocenters. The molecular formula is C20H25ClN2O4S. The molecule has 6 nitrogen and oxygen atoms in total. The first-order chi connectivity index (χ1) is 13.1. The Kier molecular flexibility index (Phi) is 7.32. The molecule has 0 saturated heterocycles. The molecule has 0 heterocycles. The zero-order valence-electron chi connectivity index (χ0n) is 16.4. The van der Waals surface area contributed by atoms with Gasteiger partial charge in [0.05, 0.1) is 18.0 Å². The fraction of sp³-hybridized carbons (Fsp3) is 0.350. The number of hydrogen-bond donors (Lipinski definition) is 1. The van der Waals surface area contributed by atoms with Crippen molar-refractivity contribution in [3.05, 3.63) is 58.6 Å². The van der Waals surface area contributed by atoms with Gasteiger partial charge in [0.1, 0.15) is 18.9 Å². The minimum absolute atomic E-state index is 0.270. The van der Waals surface area contributed by atoms with Gasteiger partial charge in [0, 0.05) is 5.02 Å². The molecule has 0 bridgehead atoms. The molecule has 2 aromatic carbocycles. The van der Waals surface area contributed by atoms with Crippen LogP contribution in [0.2, 0.25) is 5.02 Å². The summed E-state index contributed by atoms with van der Waals surface area (Å²) in [6, 6.07) is 12.2. The lowest BCUT2D eigenvalue weighted by molar-refractivity contribution is -0.120. The van der Waals surface area contributed by atoms with E-state index in [0.717, 1.165) is 27.4 Å². The van der Waals surface area contributed by atoms with Crippen molar-refractivity contribution >= 4 is 33.2 Å². The van der Waals surface area contributed by atoms with Crippen LogP contribution < -0.4 is 14.4 Å². The first-order valence-electron chi connectivity index (χ1n) is 8.79. The van der Waals surface area contributed by atoms with E-state index in [0.29, 0.717) is 10.7 Å². The maximum Gasteiger partial charge on any atom is 0.241 e. The molecular weight excluding hydrogens is 400 g/mol. The fourth-order valence-corrected chi connectivity index (χ4v) is 3.59. The summed E-state index contributed by atoms with van der Waals surface area (Å²) in [6.07, 6.45) is 1.05. The summed E-state index contributed by atoms with van der Waals surface area (Å²) in [4.78, 5) is 12.4. The number of nitrogens with zero attached hydrogens (tertiary/aromatic N) is 1. The SMILES string of the molecule is Cc1ccc(N(CC(=O)N[C@@H](C)COc2ccccc2C)S(C)(=O)=O)cc1Cl. The van der Waals surface area contributed by atoms with E-state index >= 15 is 0 Å². The fourth-order valence-electron chi connectivity index (χ4n) is 2.56. The van der Waals surface area contributed by atoms with Gasteiger partial charge in [-0.25, -0.2) is 8.42 Å². The van der Waals surface area contributed by atoms with Crippen molar-refractivity contribution in [1.82, 2.24) is 5.32 Å². The Morgan fingerprint density at radius 2 is 1.86 bits per heavy atom. The van der Waals surface area contributed by atoms with E-state index in [9.17, 15) is 13.2 Å². The second-order valence-corrected chi connectivity index (χ2v) is 9.06. The van der Waals surface area contributed by atoms with Crippen molar-refractivity contribution in [1.29, 1.82) is 0 Å². The largest absolute Gasteiger partial charge is 0.491 e. The van der Waals surface area contributed by atoms with Crippen LogP contribution in [0.4, 0.5) is 5.69 Å². The van der Waals surface area contributed by atoms with Gasteiger partial charge < -0.3 is 10.1 Å². The Hall–Kier alpha value is -2.25. The number of halogens is 1. The molecule has 0 saturated carbocycles. The second-order valence-electron chi connectivity index (χ2n) is 6.75. The van der Waals surface area contributed by atoms with Gasteiger partial charge in [0.15, 0.2) is 0 Å². The first-order valence-corrected chi connectivity index (χ1v) is 11.0. The van der Waals surface area contributed by atoms with Crippen LogP contribution in [0.3, 0.4) is 0 Å². The Morgan fingerprint density at radius 1 is 1.18 bits per heavy atom. The molecule has 1 N–H and O–H groups in total. The van der Waals surface area contributed by atoms with Crippen molar-refractivity contribution in [2.45, 2.75) is 26.8 Å². The van der Waals surface area contributed by atoms with E-state index in [1.807, 2.05) is 38.1 Å². The zero-order chi connectivity index (χ0) is 20.9. The highest BCUT2D eigenvalue weighted by atomic mass is 35.5. The summed E-state index contributed by atoms with van der Waals surface area (Å²) in [5.41, 5.74) is 2.17. The number of ether oxygens (including phenoxy) is 1. The molecule has 28 heavy (non-hydrogen) atoms. The predicted molar refractivity (Wildman–Crippen MR) is 113 cm³/mol. The quantitative estimate of drug-likeness (QED) is 0.705. The molecule has 152 valence electrons. The van der Waals surface area contributed by atoms with Crippen molar-refractivity contribution in [3.8, 4) is 5.75 Å². The maximum atomic E-state index is 12.4. The number of carbonyl (C=O) groups excluding carboxylic acids is 1. The Labute approximate surface area is 171 Å². The smallest absolute Gasteiger partial charge is 0.241 e. The van der Waals surface area contributed by atoms with Crippen molar-refractivity contribution in [2.75, 3.05) is 23.7 Å². The van der Waals surface area contributed by atoms with Crippen LogP contribution in [0.1, 0.15) is 18.1 Å². The number of nitrogens with one attached hydrogen (secondary N) is 1. The Morgan fingerprint density at radius 3 is 2.46 bits per heavy atom. The third-order valence-electron chi connectivity index (χ3n) is 4.12. The predicted octanol–water partition coefficient (Wildman–Crippen LogP) is 3.31. The number of rotatable bonds is 8. The van der Waals surface area contributed by atoms with Gasteiger partial charge in [-0.05, 0) is 50.1 Å². The number of para-hydroxylation sites is 1. The number of aryl methyl sites for hydroxylation is 2. The Balaban J connectivity index is 2.01. The number of anilines is 1. The van der Waals surface area contributed by atoms with Crippen LogP contribution in [-0.2, 0) is 14.8 Å². The Bertz CT molecular complexity index is 947. The van der Waals surface area contributed by atoms with Gasteiger partial charge in [-0.1, -0.05) is 35.9 Å². The lowest BCUT2D eigenvalue weighted by Crippen LogP contribution is -2.44. The van der Waals surface area contributed by atoms with E-state index in [1.165, 1.54) is 6.07 Å². The highest BCUT2D eigenvalue weighted by Crippen LogP contribution is 2.24. The van der Waals surface area contributed by atoms with Gasteiger partial charge in [0.25, 0.3) is 0 Å². The average Bonchev–Trinajstić information content (AvgIpc) is 2.60. The molecule has 0 aliphatic heterocycles.